The number of carbonyl (C=O) groups is 1. The third-order valence-corrected chi connectivity index (χ3v) is 5.50. The van der Waals surface area contributed by atoms with Gasteiger partial charge in [0.05, 0.1) is 0 Å². The van der Waals surface area contributed by atoms with Gasteiger partial charge in [-0.25, -0.2) is 0 Å². The van der Waals surface area contributed by atoms with E-state index in [0.717, 1.165) is 23.1 Å². The summed E-state index contributed by atoms with van der Waals surface area (Å²) in [5, 5.41) is 3.23. The number of hydrogen-bond donors (Lipinski definition) is 1. The van der Waals surface area contributed by atoms with Crippen LogP contribution in [0.5, 0.6) is 0 Å². The number of benzene rings is 4. The number of carbonyl (C=O) groups excluding carboxylic acids is 1. The number of amides is 1. The van der Waals surface area contributed by atoms with Crippen molar-refractivity contribution in [2.45, 2.75) is 11.8 Å². The minimum Gasteiger partial charge on any atom is -0.354 e. The maximum absolute atomic E-state index is 13.9. The van der Waals surface area contributed by atoms with Crippen LogP contribution in [0.15, 0.2) is 121 Å². The molecule has 0 heterocycles. The molecule has 0 fully saturated rings. The van der Waals surface area contributed by atoms with Gasteiger partial charge in [-0.1, -0.05) is 121 Å². The van der Waals surface area contributed by atoms with Crippen LogP contribution in [0.1, 0.15) is 22.3 Å². The molecule has 2 heteroatoms. The lowest BCUT2D eigenvalue weighted by Crippen LogP contribution is -2.46. The molecule has 0 saturated heterocycles. The molecule has 0 aliphatic rings. The third-order valence-electron chi connectivity index (χ3n) is 5.50. The van der Waals surface area contributed by atoms with E-state index in [-0.39, 0.29) is 5.91 Å². The first-order valence-corrected chi connectivity index (χ1v) is 10.3. The lowest BCUT2D eigenvalue weighted by molar-refractivity contribution is -0.124. The van der Waals surface area contributed by atoms with Gasteiger partial charge < -0.3 is 5.32 Å². The second-order valence-electron chi connectivity index (χ2n) is 7.34. The van der Waals surface area contributed by atoms with Gasteiger partial charge in [0.25, 0.3) is 0 Å². The smallest absolute Gasteiger partial charge is 0.239 e. The highest BCUT2D eigenvalue weighted by Gasteiger charge is 2.43. The Hall–Kier alpha value is -3.65. The van der Waals surface area contributed by atoms with E-state index in [1.165, 1.54) is 5.56 Å². The molecule has 0 spiro atoms. The summed E-state index contributed by atoms with van der Waals surface area (Å²) < 4.78 is 0. The molecule has 1 amide bonds. The zero-order chi connectivity index (χ0) is 20.7. The second kappa shape index (κ2) is 9.23. The molecule has 4 aromatic carbocycles. The maximum Gasteiger partial charge on any atom is 0.239 e. The van der Waals surface area contributed by atoms with Crippen molar-refractivity contribution >= 4 is 5.91 Å². The first-order valence-electron chi connectivity index (χ1n) is 10.3. The van der Waals surface area contributed by atoms with Crippen molar-refractivity contribution < 1.29 is 4.79 Å². The summed E-state index contributed by atoms with van der Waals surface area (Å²) in [5.41, 5.74) is 3.17. The third kappa shape index (κ3) is 3.90. The van der Waals surface area contributed by atoms with Crippen LogP contribution in [-0.2, 0) is 16.6 Å². The minimum atomic E-state index is -0.916. The Morgan fingerprint density at radius 1 is 0.567 bits per heavy atom. The Morgan fingerprint density at radius 3 is 1.33 bits per heavy atom. The van der Waals surface area contributed by atoms with Crippen LogP contribution in [0.4, 0.5) is 0 Å². The van der Waals surface area contributed by atoms with Gasteiger partial charge in [-0.2, -0.15) is 0 Å². The average molecular weight is 392 g/mol. The van der Waals surface area contributed by atoms with E-state index in [9.17, 15) is 4.79 Å². The summed E-state index contributed by atoms with van der Waals surface area (Å²) in [4.78, 5) is 13.9. The zero-order valence-corrected chi connectivity index (χ0v) is 16.9. The number of hydrogen-bond acceptors (Lipinski definition) is 1. The van der Waals surface area contributed by atoms with Gasteiger partial charge in [0.1, 0.15) is 5.41 Å². The molecule has 0 aliphatic carbocycles. The molecule has 4 rings (SSSR count). The zero-order valence-electron chi connectivity index (χ0n) is 16.9. The van der Waals surface area contributed by atoms with Crippen molar-refractivity contribution in [2.24, 2.45) is 0 Å². The Balaban J connectivity index is 1.77. The van der Waals surface area contributed by atoms with Crippen molar-refractivity contribution in [1.82, 2.24) is 5.32 Å². The fraction of sp³-hybridized carbons (Fsp3) is 0.107. The summed E-state index contributed by atoms with van der Waals surface area (Å²) in [6.07, 6.45) is 0.793. The van der Waals surface area contributed by atoms with Crippen LogP contribution in [0.25, 0.3) is 0 Å². The Morgan fingerprint density at radius 2 is 0.933 bits per heavy atom. The predicted molar refractivity (Wildman–Crippen MR) is 122 cm³/mol. The highest BCUT2D eigenvalue weighted by molar-refractivity contribution is 5.96. The lowest BCUT2D eigenvalue weighted by atomic mass is 9.68. The SMILES string of the molecule is O=C(NCCc1ccccc1)C(c1ccccc1)(c1ccccc1)c1ccccc1. The van der Waals surface area contributed by atoms with Crippen LogP contribution in [0, 0.1) is 0 Å². The lowest BCUT2D eigenvalue weighted by Gasteiger charge is -2.34. The monoisotopic (exact) mass is 391 g/mol. The fourth-order valence-electron chi connectivity index (χ4n) is 4.06. The summed E-state index contributed by atoms with van der Waals surface area (Å²) >= 11 is 0. The summed E-state index contributed by atoms with van der Waals surface area (Å²) in [5.74, 6) is -0.0120. The molecule has 0 saturated carbocycles. The molecule has 2 nitrogen and oxygen atoms in total. The number of rotatable bonds is 7. The molecule has 148 valence electrons. The quantitative estimate of drug-likeness (QED) is 0.421. The largest absolute Gasteiger partial charge is 0.354 e. The Labute approximate surface area is 178 Å². The predicted octanol–water partition coefficient (Wildman–Crippen LogP) is 5.38. The molecular formula is C28H25NO. The number of nitrogens with one attached hydrogen (secondary N) is 1. The topological polar surface area (TPSA) is 29.1 Å². The van der Waals surface area contributed by atoms with E-state index in [1.54, 1.807) is 0 Å². The maximum atomic E-state index is 13.9. The van der Waals surface area contributed by atoms with Crippen molar-refractivity contribution in [3.8, 4) is 0 Å². The molecular weight excluding hydrogens is 366 g/mol. The van der Waals surface area contributed by atoms with E-state index in [0.29, 0.717) is 6.54 Å². The van der Waals surface area contributed by atoms with E-state index < -0.39 is 5.41 Å². The van der Waals surface area contributed by atoms with Gasteiger partial charge in [-0.05, 0) is 28.7 Å². The average Bonchev–Trinajstić information content (AvgIpc) is 2.82. The molecule has 0 radical (unpaired) electrons. The van der Waals surface area contributed by atoms with Gasteiger partial charge in [0.15, 0.2) is 0 Å². The summed E-state index contributed by atoms with van der Waals surface area (Å²) in [6, 6.07) is 40.4. The van der Waals surface area contributed by atoms with Crippen molar-refractivity contribution in [3.63, 3.8) is 0 Å². The summed E-state index contributed by atoms with van der Waals surface area (Å²) in [6.45, 7) is 0.580. The molecule has 0 atom stereocenters. The van der Waals surface area contributed by atoms with E-state index in [2.05, 4.69) is 17.4 Å². The first kappa shape index (κ1) is 19.7. The van der Waals surface area contributed by atoms with Crippen LogP contribution >= 0.6 is 0 Å². The van der Waals surface area contributed by atoms with Crippen molar-refractivity contribution in [1.29, 1.82) is 0 Å². The Kier molecular flexibility index (Phi) is 6.05. The van der Waals surface area contributed by atoms with Crippen molar-refractivity contribution in [3.05, 3.63) is 144 Å². The standard InChI is InChI=1S/C28H25NO/c30-27(29-22-21-23-13-5-1-6-14-23)28(24-15-7-2-8-16-24,25-17-9-3-10-18-25)26-19-11-4-12-20-26/h1-20H,21-22H2,(H,29,30). The van der Waals surface area contributed by atoms with Crippen LogP contribution < -0.4 is 5.32 Å². The minimum absolute atomic E-state index is 0.0120. The second-order valence-corrected chi connectivity index (χ2v) is 7.34. The van der Waals surface area contributed by atoms with Gasteiger partial charge in [-0.15, -0.1) is 0 Å². The van der Waals surface area contributed by atoms with Gasteiger partial charge in [-0.3, -0.25) is 4.79 Å². The van der Waals surface area contributed by atoms with Gasteiger partial charge in [0.2, 0.25) is 5.91 Å². The fourth-order valence-corrected chi connectivity index (χ4v) is 4.06. The van der Waals surface area contributed by atoms with Gasteiger partial charge >= 0.3 is 0 Å². The Bertz CT molecular complexity index is 964. The van der Waals surface area contributed by atoms with Gasteiger partial charge in [0, 0.05) is 6.54 Å². The molecule has 1 N–H and O–H groups in total. The molecule has 0 unspecified atom stereocenters. The molecule has 0 bridgehead atoms. The molecule has 4 aromatic rings. The van der Waals surface area contributed by atoms with Crippen LogP contribution in [-0.4, -0.2) is 12.5 Å². The van der Waals surface area contributed by atoms with E-state index in [1.807, 2.05) is 109 Å². The van der Waals surface area contributed by atoms with Crippen LogP contribution in [0.3, 0.4) is 0 Å². The highest BCUT2D eigenvalue weighted by Crippen LogP contribution is 2.39. The van der Waals surface area contributed by atoms with E-state index >= 15 is 0 Å². The first-order chi connectivity index (χ1) is 14.8. The summed E-state index contributed by atoms with van der Waals surface area (Å²) in [7, 11) is 0. The molecule has 30 heavy (non-hydrogen) atoms. The molecule has 0 aliphatic heterocycles. The van der Waals surface area contributed by atoms with Crippen LogP contribution in [0.2, 0.25) is 0 Å². The highest BCUT2D eigenvalue weighted by atomic mass is 16.2. The normalized spacial score (nSPS) is 11.1. The van der Waals surface area contributed by atoms with Crippen molar-refractivity contribution in [2.75, 3.05) is 6.54 Å². The molecule has 0 aromatic heterocycles. The van der Waals surface area contributed by atoms with E-state index in [4.69, 9.17) is 0 Å².